The minimum atomic E-state index is -0.105. The van der Waals surface area contributed by atoms with Crippen LogP contribution in [0.2, 0.25) is 0 Å². The summed E-state index contributed by atoms with van der Waals surface area (Å²) in [4.78, 5) is 29.1. The van der Waals surface area contributed by atoms with Gasteiger partial charge in [0, 0.05) is 36.5 Å². The minimum absolute atomic E-state index is 0.101. The predicted octanol–water partition coefficient (Wildman–Crippen LogP) is 2.19. The molecule has 120 valence electrons. The molecular formula is C18H21N3O2. The summed E-state index contributed by atoms with van der Waals surface area (Å²) in [5.74, 6) is -0.211. The molecule has 1 aromatic heterocycles. The number of H-pyrrole nitrogens is 1. The summed E-state index contributed by atoms with van der Waals surface area (Å²) >= 11 is 0. The van der Waals surface area contributed by atoms with E-state index in [-0.39, 0.29) is 17.2 Å². The molecule has 5 nitrogen and oxygen atoms in total. The van der Waals surface area contributed by atoms with E-state index >= 15 is 0 Å². The molecule has 0 radical (unpaired) electrons. The summed E-state index contributed by atoms with van der Waals surface area (Å²) in [7, 11) is 0. The Morgan fingerprint density at radius 3 is 2.48 bits per heavy atom. The number of amides is 2. The normalized spacial score (nSPS) is 21.7. The average molecular weight is 311 g/mol. The van der Waals surface area contributed by atoms with E-state index in [1.165, 1.54) is 16.5 Å². The van der Waals surface area contributed by atoms with Gasteiger partial charge in [0.15, 0.2) is 0 Å². The maximum Gasteiger partial charge on any atom is 0.227 e. The number of aromatic amines is 1. The first-order chi connectivity index (χ1) is 11.1. The van der Waals surface area contributed by atoms with Crippen LogP contribution in [0.1, 0.15) is 31.2 Å². The fourth-order valence-electron chi connectivity index (χ4n) is 4.03. The van der Waals surface area contributed by atoms with Gasteiger partial charge in [0.1, 0.15) is 0 Å². The Kier molecular flexibility index (Phi) is 3.45. The van der Waals surface area contributed by atoms with Gasteiger partial charge in [-0.2, -0.15) is 0 Å². The van der Waals surface area contributed by atoms with Gasteiger partial charge in [-0.25, -0.2) is 0 Å². The van der Waals surface area contributed by atoms with E-state index in [0.717, 1.165) is 32.5 Å². The van der Waals surface area contributed by atoms with Crippen molar-refractivity contribution in [2.45, 2.75) is 32.2 Å². The second-order valence-corrected chi connectivity index (χ2v) is 6.96. The van der Waals surface area contributed by atoms with Gasteiger partial charge in [-0.1, -0.05) is 18.2 Å². The lowest BCUT2D eigenvalue weighted by Gasteiger charge is -2.43. The van der Waals surface area contributed by atoms with Crippen molar-refractivity contribution in [3.63, 3.8) is 0 Å². The van der Waals surface area contributed by atoms with Crippen molar-refractivity contribution in [2.75, 3.05) is 13.1 Å². The van der Waals surface area contributed by atoms with Crippen LogP contribution in [0.3, 0.4) is 0 Å². The fraction of sp³-hybridized carbons (Fsp3) is 0.444. The predicted molar refractivity (Wildman–Crippen MR) is 87.6 cm³/mol. The van der Waals surface area contributed by atoms with Crippen LogP contribution in [0.15, 0.2) is 30.5 Å². The van der Waals surface area contributed by atoms with Gasteiger partial charge in [-0.15, -0.1) is 0 Å². The van der Waals surface area contributed by atoms with E-state index in [1.807, 2.05) is 6.07 Å². The van der Waals surface area contributed by atoms with Crippen molar-refractivity contribution in [2.24, 2.45) is 5.41 Å². The Balaban J connectivity index is 1.44. The van der Waals surface area contributed by atoms with Crippen LogP contribution < -0.4 is 5.32 Å². The molecule has 0 aliphatic carbocycles. The lowest BCUT2D eigenvalue weighted by Crippen LogP contribution is -2.49. The maximum atomic E-state index is 11.7. The zero-order chi connectivity index (χ0) is 15.9. The molecular weight excluding hydrogens is 290 g/mol. The van der Waals surface area contributed by atoms with Crippen molar-refractivity contribution in [3.8, 4) is 0 Å². The number of nitrogens with zero attached hydrogens (tertiary/aromatic N) is 1. The van der Waals surface area contributed by atoms with E-state index in [4.69, 9.17) is 0 Å². The first kappa shape index (κ1) is 14.5. The van der Waals surface area contributed by atoms with Crippen molar-refractivity contribution < 1.29 is 9.59 Å². The lowest BCUT2D eigenvalue weighted by atomic mass is 9.71. The zero-order valence-electron chi connectivity index (χ0n) is 13.1. The van der Waals surface area contributed by atoms with Gasteiger partial charge >= 0.3 is 0 Å². The summed E-state index contributed by atoms with van der Waals surface area (Å²) in [5, 5.41) is 3.70. The molecule has 4 rings (SSSR count). The molecule has 2 saturated heterocycles. The van der Waals surface area contributed by atoms with Crippen molar-refractivity contribution in [3.05, 3.63) is 36.0 Å². The number of rotatable bonds is 2. The van der Waals surface area contributed by atoms with Crippen molar-refractivity contribution in [1.29, 1.82) is 0 Å². The molecule has 23 heavy (non-hydrogen) atoms. The summed E-state index contributed by atoms with van der Waals surface area (Å²) in [6, 6.07) is 8.35. The number of nitrogens with one attached hydrogen (secondary N) is 2. The maximum absolute atomic E-state index is 11.7. The number of aromatic nitrogens is 1. The Morgan fingerprint density at radius 1 is 1.04 bits per heavy atom. The Hall–Kier alpha value is -2.14. The molecule has 1 aromatic carbocycles. The van der Waals surface area contributed by atoms with E-state index in [0.29, 0.717) is 12.8 Å². The molecule has 0 atom stereocenters. The molecule has 0 bridgehead atoms. The zero-order valence-corrected chi connectivity index (χ0v) is 13.1. The molecule has 1 spiro atoms. The Bertz CT molecular complexity index is 738. The van der Waals surface area contributed by atoms with E-state index in [2.05, 4.69) is 39.6 Å². The fourth-order valence-corrected chi connectivity index (χ4v) is 4.03. The smallest absolute Gasteiger partial charge is 0.227 e. The molecule has 2 aromatic rings. The van der Waals surface area contributed by atoms with Crippen LogP contribution in [0.25, 0.3) is 10.9 Å². The number of imide groups is 1. The lowest BCUT2D eigenvalue weighted by molar-refractivity contribution is -0.139. The highest BCUT2D eigenvalue weighted by atomic mass is 16.2. The molecule has 3 heterocycles. The number of carbonyl (C=O) groups is 2. The molecule has 2 aliphatic rings. The van der Waals surface area contributed by atoms with Crippen molar-refractivity contribution in [1.82, 2.24) is 15.2 Å². The first-order valence-corrected chi connectivity index (χ1v) is 8.24. The molecule has 0 saturated carbocycles. The van der Waals surface area contributed by atoms with Crippen LogP contribution in [-0.4, -0.2) is 34.8 Å². The second-order valence-electron chi connectivity index (χ2n) is 6.96. The molecule has 5 heteroatoms. The number of carbonyl (C=O) groups excluding carboxylic acids is 2. The van der Waals surface area contributed by atoms with Crippen LogP contribution >= 0.6 is 0 Å². The number of benzene rings is 1. The third-order valence-electron chi connectivity index (χ3n) is 5.34. The molecule has 2 amide bonds. The molecule has 0 unspecified atom stereocenters. The van der Waals surface area contributed by atoms with E-state index in [9.17, 15) is 9.59 Å². The Labute approximate surface area is 135 Å². The van der Waals surface area contributed by atoms with Gasteiger partial charge in [-0.05, 0) is 43.0 Å². The Morgan fingerprint density at radius 2 is 1.74 bits per heavy atom. The van der Waals surface area contributed by atoms with Crippen LogP contribution in [0.4, 0.5) is 0 Å². The molecule has 2 fully saturated rings. The SMILES string of the molecule is O=C1CC2(CCN(Cc3c[nH]c4ccccc34)CC2)CC(=O)N1. The van der Waals surface area contributed by atoms with Crippen LogP contribution in [0, 0.1) is 5.41 Å². The molecule has 2 N–H and O–H groups in total. The van der Waals surface area contributed by atoms with Crippen LogP contribution in [-0.2, 0) is 16.1 Å². The summed E-state index contributed by atoms with van der Waals surface area (Å²) in [6.07, 6.45) is 4.94. The number of fused-ring (bicyclic) bond motifs is 1. The quantitative estimate of drug-likeness (QED) is 0.836. The largest absolute Gasteiger partial charge is 0.361 e. The van der Waals surface area contributed by atoms with Gasteiger partial charge < -0.3 is 4.98 Å². The number of piperidine rings is 2. The highest BCUT2D eigenvalue weighted by Crippen LogP contribution is 2.40. The summed E-state index contributed by atoms with van der Waals surface area (Å²) in [5.41, 5.74) is 2.38. The third-order valence-corrected chi connectivity index (χ3v) is 5.34. The second kappa shape index (κ2) is 5.49. The highest BCUT2D eigenvalue weighted by molar-refractivity contribution is 5.98. The van der Waals surface area contributed by atoms with Gasteiger partial charge in [0.05, 0.1) is 0 Å². The minimum Gasteiger partial charge on any atom is -0.361 e. The van der Waals surface area contributed by atoms with Crippen molar-refractivity contribution >= 4 is 22.7 Å². The highest BCUT2D eigenvalue weighted by Gasteiger charge is 2.41. The third kappa shape index (κ3) is 2.77. The topological polar surface area (TPSA) is 65.2 Å². The first-order valence-electron chi connectivity index (χ1n) is 8.24. The molecule has 2 aliphatic heterocycles. The standard InChI is InChI=1S/C18H21N3O2/c22-16-9-18(10-17(23)20-16)5-7-21(8-6-18)12-13-11-19-15-4-2-1-3-14(13)15/h1-4,11,19H,5-10,12H2,(H,20,22,23). The average Bonchev–Trinajstić information content (AvgIpc) is 2.92. The van der Waals surface area contributed by atoms with E-state index < -0.39 is 0 Å². The number of hydrogen-bond donors (Lipinski definition) is 2. The number of para-hydroxylation sites is 1. The van der Waals surface area contributed by atoms with Gasteiger partial charge in [0.2, 0.25) is 11.8 Å². The van der Waals surface area contributed by atoms with Crippen LogP contribution in [0.5, 0.6) is 0 Å². The summed E-state index contributed by atoms with van der Waals surface area (Å²) in [6.45, 7) is 2.81. The number of likely N-dealkylation sites (tertiary alicyclic amines) is 1. The summed E-state index contributed by atoms with van der Waals surface area (Å²) < 4.78 is 0. The van der Waals surface area contributed by atoms with Gasteiger partial charge in [0.25, 0.3) is 0 Å². The number of hydrogen-bond acceptors (Lipinski definition) is 3. The monoisotopic (exact) mass is 311 g/mol. The van der Waals surface area contributed by atoms with E-state index in [1.54, 1.807) is 0 Å². The van der Waals surface area contributed by atoms with Gasteiger partial charge in [-0.3, -0.25) is 19.8 Å².